The first kappa shape index (κ1) is 13.8. The van der Waals surface area contributed by atoms with Crippen molar-refractivity contribution in [1.29, 1.82) is 0 Å². The molecule has 2 N–H and O–H groups in total. The molecule has 4 nitrogen and oxygen atoms in total. The van der Waals surface area contributed by atoms with E-state index in [9.17, 15) is 0 Å². The van der Waals surface area contributed by atoms with E-state index in [1.807, 2.05) is 0 Å². The topological polar surface area (TPSA) is 58.9 Å². The van der Waals surface area contributed by atoms with Crippen molar-refractivity contribution in [1.82, 2.24) is 0 Å². The fourth-order valence-electron chi connectivity index (χ4n) is 0.951. The predicted molar refractivity (Wildman–Crippen MR) is 54.2 cm³/mol. The minimum atomic E-state index is -0.643. The molecule has 0 aromatic carbocycles. The number of hydrogen-bond acceptors (Lipinski definition) is 4. The van der Waals surface area contributed by atoms with Crippen molar-refractivity contribution in [2.75, 3.05) is 26.4 Å². The summed E-state index contributed by atoms with van der Waals surface area (Å²) in [6.07, 6.45) is 1.04. The van der Waals surface area contributed by atoms with E-state index >= 15 is 0 Å². The fourth-order valence-corrected chi connectivity index (χ4v) is 0.951. The van der Waals surface area contributed by atoms with E-state index in [0.29, 0.717) is 13.2 Å². The van der Waals surface area contributed by atoms with Crippen molar-refractivity contribution >= 4 is 0 Å². The maximum Gasteiger partial charge on any atom is 0.106 e. The minimum Gasteiger partial charge on any atom is -0.394 e. The third-order valence-electron chi connectivity index (χ3n) is 1.92. The van der Waals surface area contributed by atoms with Crippen LogP contribution in [0.2, 0.25) is 0 Å². The summed E-state index contributed by atoms with van der Waals surface area (Å²) in [5.74, 6) is 0. The predicted octanol–water partition coefficient (Wildman–Crippen LogP) is 0.561. The summed E-state index contributed by atoms with van der Waals surface area (Å²) >= 11 is 0. The molecule has 2 unspecified atom stereocenters. The Kier molecular flexibility index (Phi) is 9.29. The Morgan fingerprint density at radius 2 is 1.93 bits per heavy atom. The fraction of sp³-hybridized carbons (Fsp3) is 1.00. The van der Waals surface area contributed by atoms with Crippen LogP contribution in [0.15, 0.2) is 0 Å². The van der Waals surface area contributed by atoms with Crippen LogP contribution in [0.1, 0.15) is 26.7 Å². The molecule has 0 fully saturated rings. The summed E-state index contributed by atoms with van der Waals surface area (Å²) in [7, 11) is 0. The van der Waals surface area contributed by atoms with Crippen LogP contribution >= 0.6 is 0 Å². The summed E-state index contributed by atoms with van der Waals surface area (Å²) in [4.78, 5) is 0. The zero-order chi connectivity index (χ0) is 10.8. The van der Waals surface area contributed by atoms with Gasteiger partial charge in [-0.1, -0.05) is 13.3 Å². The van der Waals surface area contributed by atoms with Gasteiger partial charge < -0.3 is 19.7 Å². The molecule has 0 heterocycles. The van der Waals surface area contributed by atoms with E-state index in [-0.39, 0.29) is 6.61 Å². The molecule has 0 radical (unpaired) electrons. The number of rotatable bonds is 9. The molecule has 0 rings (SSSR count). The second kappa shape index (κ2) is 9.40. The van der Waals surface area contributed by atoms with Crippen molar-refractivity contribution in [3.05, 3.63) is 0 Å². The van der Waals surface area contributed by atoms with Gasteiger partial charge >= 0.3 is 0 Å². The standard InChI is InChI=1S/C10H22O4/c1-3-4-5-13-6-7-14-10(8-11)9(2)12/h9-12H,3-8H2,1-2H3. The summed E-state index contributed by atoms with van der Waals surface area (Å²) in [5.41, 5.74) is 0. The molecule has 0 spiro atoms. The van der Waals surface area contributed by atoms with Gasteiger partial charge in [-0.3, -0.25) is 0 Å². The summed E-state index contributed by atoms with van der Waals surface area (Å²) in [5, 5.41) is 17.9. The molecule has 0 aromatic rings. The lowest BCUT2D eigenvalue weighted by atomic mass is 10.2. The molecule has 14 heavy (non-hydrogen) atoms. The van der Waals surface area contributed by atoms with E-state index in [1.54, 1.807) is 6.92 Å². The highest BCUT2D eigenvalue weighted by atomic mass is 16.5. The first-order valence-corrected chi connectivity index (χ1v) is 5.20. The van der Waals surface area contributed by atoms with E-state index in [0.717, 1.165) is 19.4 Å². The van der Waals surface area contributed by atoms with Gasteiger partial charge in [-0.05, 0) is 13.3 Å². The number of ether oxygens (including phenoxy) is 2. The van der Waals surface area contributed by atoms with Gasteiger partial charge in [-0.25, -0.2) is 0 Å². The molecular weight excluding hydrogens is 184 g/mol. The third kappa shape index (κ3) is 7.26. The van der Waals surface area contributed by atoms with Gasteiger partial charge in [0.1, 0.15) is 6.10 Å². The smallest absolute Gasteiger partial charge is 0.106 e. The van der Waals surface area contributed by atoms with Gasteiger partial charge in [0.2, 0.25) is 0 Å². The molecular formula is C10H22O4. The third-order valence-corrected chi connectivity index (χ3v) is 1.92. The summed E-state index contributed by atoms with van der Waals surface area (Å²) in [6.45, 7) is 5.22. The maximum atomic E-state index is 9.13. The first-order valence-electron chi connectivity index (χ1n) is 5.20. The molecule has 86 valence electrons. The van der Waals surface area contributed by atoms with Crippen LogP contribution in [-0.2, 0) is 9.47 Å². The number of aliphatic hydroxyl groups is 2. The van der Waals surface area contributed by atoms with E-state index in [1.165, 1.54) is 0 Å². The quantitative estimate of drug-likeness (QED) is 0.541. The summed E-state index contributed by atoms with van der Waals surface area (Å²) < 4.78 is 10.5. The molecule has 0 aromatic heterocycles. The average Bonchev–Trinajstić information content (AvgIpc) is 2.16. The average molecular weight is 206 g/mol. The molecule has 0 saturated carbocycles. The highest BCUT2D eigenvalue weighted by Gasteiger charge is 2.13. The molecule has 0 aliphatic heterocycles. The van der Waals surface area contributed by atoms with E-state index in [4.69, 9.17) is 19.7 Å². The van der Waals surface area contributed by atoms with Crippen LogP contribution in [0, 0.1) is 0 Å². The van der Waals surface area contributed by atoms with Crippen LogP contribution < -0.4 is 0 Å². The Morgan fingerprint density at radius 1 is 1.21 bits per heavy atom. The Labute approximate surface area is 85.8 Å². The Morgan fingerprint density at radius 3 is 2.43 bits per heavy atom. The van der Waals surface area contributed by atoms with Crippen molar-refractivity contribution in [3.8, 4) is 0 Å². The molecule has 2 atom stereocenters. The second-order valence-corrected chi connectivity index (χ2v) is 3.30. The lowest BCUT2D eigenvalue weighted by molar-refractivity contribution is -0.0715. The molecule has 0 bridgehead atoms. The van der Waals surface area contributed by atoms with Crippen LogP contribution in [0.25, 0.3) is 0 Å². The van der Waals surface area contributed by atoms with Crippen LogP contribution in [0.3, 0.4) is 0 Å². The maximum absolute atomic E-state index is 9.13. The molecule has 4 heteroatoms. The van der Waals surface area contributed by atoms with Gasteiger partial charge in [-0.15, -0.1) is 0 Å². The molecule has 0 aliphatic carbocycles. The minimum absolute atomic E-state index is 0.160. The summed E-state index contributed by atoms with van der Waals surface area (Å²) in [6, 6.07) is 0. The van der Waals surface area contributed by atoms with Crippen molar-refractivity contribution < 1.29 is 19.7 Å². The highest BCUT2D eigenvalue weighted by molar-refractivity contribution is 4.61. The van der Waals surface area contributed by atoms with Gasteiger partial charge in [0, 0.05) is 6.61 Å². The van der Waals surface area contributed by atoms with Gasteiger partial charge in [-0.2, -0.15) is 0 Å². The van der Waals surface area contributed by atoms with Crippen molar-refractivity contribution in [2.45, 2.75) is 38.9 Å². The lowest BCUT2D eigenvalue weighted by Gasteiger charge is -2.17. The molecule has 0 saturated heterocycles. The van der Waals surface area contributed by atoms with Crippen LogP contribution in [0.5, 0.6) is 0 Å². The van der Waals surface area contributed by atoms with Gasteiger partial charge in [0.25, 0.3) is 0 Å². The number of hydrogen-bond donors (Lipinski definition) is 2. The Hall–Kier alpha value is -0.160. The lowest BCUT2D eigenvalue weighted by Crippen LogP contribution is -2.31. The van der Waals surface area contributed by atoms with E-state index in [2.05, 4.69) is 6.92 Å². The normalized spacial score (nSPS) is 15.4. The van der Waals surface area contributed by atoms with E-state index < -0.39 is 12.2 Å². The molecule has 0 aliphatic rings. The van der Waals surface area contributed by atoms with Gasteiger partial charge in [0.15, 0.2) is 0 Å². The molecule has 0 amide bonds. The zero-order valence-corrected chi connectivity index (χ0v) is 9.11. The SMILES string of the molecule is CCCCOCCOC(CO)C(C)O. The zero-order valence-electron chi connectivity index (χ0n) is 9.11. The Balaban J connectivity index is 3.25. The largest absolute Gasteiger partial charge is 0.394 e. The van der Waals surface area contributed by atoms with Crippen LogP contribution in [0.4, 0.5) is 0 Å². The second-order valence-electron chi connectivity index (χ2n) is 3.30. The number of unbranched alkanes of at least 4 members (excludes halogenated alkanes) is 1. The van der Waals surface area contributed by atoms with Crippen LogP contribution in [-0.4, -0.2) is 48.8 Å². The monoisotopic (exact) mass is 206 g/mol. The van der Waals surface area contributed by atoms with Crippen molar-refractivity contribution in [2.24, 2.45) is 0 Å². The number of aliphatic hydroxyl groups excluding tert-OH is 2. The van der Waals surface area contributed by atoms with Crippen molar-refractivity contribution in [3.63, 3.8) is 0 Å². The first-order chi connectivity index (χ1) is 6.72. The highest BCUT2D eigenvalue weighted by Crippen LogP contribution is 1.98. The Bertz CT molecular complexity index is 117. The van der Waals surface area contributed by atoms with Gasteiger partial charge in [0.05, 0.1) is 25.9 Å².